The summed E-state index contributed by atoms with van der Waals surface area (Å²) in [4.78, 5) is 6.22. The maximum absolute atomic E-state index is 12.2. The molecule has 1 saturated heterocycles. The number of ether oxygens (including phenoxy) is 1. The number of hydrogen-bond acceptors (Lipinski definition) is 4. The van der Waals surface area contributed by atoms with Gasteiger partial charge in [0.15, 0.2) is 0 Å². The second-order valence-electron chi connectivity index (χ2n) is 4.85. The molecule has 0 saturated carbocycles. The van der Waals surface area contributed by atoms with Crippen molar-refractivity contribution in [2.24, 2.45) is 5.73 Å². The van der Waals surface area contributed by atoms with Gasteiger partial charge in [-0.3, -0.25) is 0 Å². The van der Waals surface area contributed by atoms with Gasteiger partial charge >= 0.3 is 6.36 Å². The molecule has 0 aromatic carbocycles. The number of aromatic nitrogens is 1. The van der Waals surface area contributed by atoms with Crippen LogP contribution in [0.4, 0.5) is 13.2 Å². The molecule has 20 heavy (non-hydrogen) atoms. The SMILES string of the molecule is NCCN1CCC(c2cccc(OC(F)(F)F)n2)CC1. The van der Waals surface area contributed by atoms with Crippen molar-refractivity contribution in [1.82, 2.24) is 9.88 Å². The first-order valence-electron chi connectivity index (χ1n) is 6.63. The zero-order chi connectivity index (χ0) is 14.6. The summed E-state index contributed by atoms with van der Waals surface area (Å²) in [5.41, 5.74) is 6.17. The van der Waals surface area contributed by atoms with Gasteiger partial charge in [0.05, 0.1) is 0 Å². The monoisotopic (exact) mass is 289 g/mol. The molecular formula is C13H18F3N3O. The number of alkyl halides is 3. The third-order valence-electron chi connectivity index (χ3n) is 3.42. The topological polar surface area (TPSA) is 51.4 Å². The minimum Gasteiger partial charge on any atom is -0.388 e. The lowest BCUT2D eigenvalue weighted by atomic mass is 9.93. The summed E-state index contributed by atoms with van der Waals surface area (Å²) in [7, 11) is 0. The van der Waals surface area contributed by atoms with E-state index < -0.39 is 6.36 Å². The number of nitrogens with zero attached hydrogens (tertiary/aromatic N) is 2. The summed E-state index contributed by atoms with van der Waals surface area (Å²) < 4.78 is 40.4. The number of nitrogens with two attached hydrogens (primary N) is 1. The Balaban J connectivity index is 1.98. The maximum atomic E-state index is 12.2. The molecule has 0 unspecified atom stereocenters. The molecule has 112 valence electrons. The highest BCUT2D eigenvalue weighted by molar-refractivity contribution is 5.19. The number of halogens is 3. The Hall–Kier alpha value is -1.34. The average molecular weight is 289 g/mol. The van der Waals surface area contributed by atoms with Crippen molar-refractivity contribution in [1.29, 1.82) is 0 Å². The van der Waals surface area contributed by atoms with Gasteiger partial charge in [-0.2, -0.15) is 0 Å². The first kappa shape index (κ1) is 15.1. The van der Waals surface area contributed by atoms with Crippen molar-refractivity contribution in [3.8, 4) is 5.88 Å². The van der Waals surface area contributed by atoms with Crippen LogP contribution in [0.5, 0.6) is 5.88 Å². The minimum atomic E-state index is -4.70. The van der Waals surface area contributed by atoms with Crippen LogP contribution in [0.1, 0.15) is 24.5 Å². The van der Waals surface area contributed by atoms with E-state index in [1.54, 1.807) is 12.1 Å². The number of hydrogen-bond donors (Lipinski definition) is 1. The molecule has 1 aromatic rings. The molecule has 0 spiro atoms. The van der Waals surface area contributed by atoms with Crippen LogP contribution >= 0.6 is 0 Å². The van der Waals surface area contributed by atoms with E-state index in [9.17, 15) is 13.2 Å². The Morgan fingerprint density at radius 2 is 2.00 bits per heavy atom. The van der Waals surface area contributed by atoms with Gasteiger partial charge in [-0.25, -0.2) is 4.98 Å². The Labute approximate surface area is 115 Å². The predicted octanol–water partition coefficient (Wildman–Crippen LogP) is 2.12. The molecule has 1 aromatic heterocycles. The van der Waals surface area contributed by atoms with E-state index in [-0.39, 0.29) is 11.8 Å². The molecule has 7 heteroatoms. The van der Waals surface area contributed by atoms with Gasteiger partial charge in [-0.05, 0) is 32.0 Å². The highest BCUT2D eigenvalue weighted by atomic mass is 19.4. The molecule has 4 nitrogen and oxygen atoms in total. The third kappa shape index (κ3) is 4.35. The molecule has 2 rings (SSSR count). The Morgan fingerprint density at radius 1 is 1.30 bits per heavy atom. The molecule has 2 N–H and O–H groups in total. The second kappa shape index (κ2) is 6.41. The van der Waals surface area contributed by atoms with Crippen LogP contribution in [0.25, 0.3) is 0 Å². The van der Waals surface area contributed by atoms with Crippen LogP contribution in [-0.4, -0.2) is 42.4 Å². The molecule has 2 heterocycles. The minimum absolute atomic E-state index is 0.181. The first-order valence-corrected chi connectivity index (χ1v) is 6.63. The van der Waals surface area contributed by atoms with Crippen LogP contribution in [0.2, 0.25) is 0 Å². The number of pyridine rings is 1. The number of rotatable bonds is 4. The normalized spacial score (nSPS) is 18.2. The fourth-order valence-corrected chi connectivity index (χ4v) is 2.47. The van der Waals surface area contributed by atoms with E-state index >= 15 is 0 Å². The molecular weight excluding hydrogens is 271 g/mol. The standard InChI is InChI=1S/C13H18F3N3O/c14-13(15,16)20-12-3-1-2-11(18-12)10-4-7-19(8-5-10)9-6-17/h1-3,10H,4-9,17H2. The Kier molecular flexibility index (Phi) is 4.82. The van der Waals surface area contributed by atoms with Gasteiger partial charge in [0, 0.05) is 30.8 Å². The molecule has 1 fully saturated rings. The maximum Gasteiger partial charge on any atom is 0.574 e. The fourth-order valence-electron chi connectivity index (χ4n) is 2.47. The summed E-state index contributed by atoms with van der Waals surface area (Å²) in [6.07, 6.45) is -2.94. The van der Waals surface area contributed by atoms with Crippen LogP contribution in [-0.2, 0) is 0 Å². The van der Waals surface area contributed by atoms with Crippen LogP contribution < -0.4 is 10.5 Å². The number of likely N-dealkylation sites (tertiary alicyclic amines) is 1. The second-order valence-corrected chi connectivity index (χ2v) is 4.85. The van der Waals surface area contributed by atoms with Gasteiger partial charge in [0.1, 0.15) is 0 Å². The van der Waals surface area contributed by atoms with Gasteiger partial charge in [-0.15, -0.1) is 13.2 Å². The fraction of sp³-hybridized carbons (Fsp3) is 0.615. The van der Waals surface area contributed by atoms with Crippen molar-refractivity contribution in [2.75, 3.05) is 26.2 Å². The van der Waals surface area contributed by atoms with Crippen molar-refractivity contribution in [3.05, 3.63) is 23.9 Å². The predicted molar refractivity (Wildman–Crippen MR) is 68.4 cm³/mol. The molecule has 0 aliphatic carbocycles. The summed E-state index contributed by atoms with van der Waals surface area (Å²) in [6.45, 7) is 3.27. The lowest BCUT2D eigenvalue weighted by molar-refractivity contribution is -0.276. The molecule has 0 radical (unpaired) electrons. The largest absolute Gasteiger partial charge is 0.574 e. The van der Waals surface area contributed by atoms with Crippen molar-refractivity contribution in [2.45, 2.75) is 25.1 Å². The lowest BCUT2D eigenvalue weighted by Gasteiger charge is -2.31. The van der Waals surface area contributed by atoms with E-state index in [4.69, 9.17) is 5.73 Å². The van der Waals surface area contributed by atoms with Gasteiger partial charge < -0.3 is 15.4 Å². The summed E-state index contributed by atoms with van der Waals surface area (Å²) in [5, 5.41) is 0. The van der Waals surface area contributed by atoms with Crippen LogP contribution in [0.3, 0.4) is 0 Å². The molecule has 1 aliphatic heterocycles. The van der Waals surface area contributed by atoms with Gasteiger partial charge in [-0.1, -0.05) is 6.07 Å². The van der Waals surface area contributed by atoms with Crippen molar-refractivity contribution in [3.63, 3.8) is 0 Å². The van der Waals surface area contributed by atoms with Gasteiger partial charge in [0.25, 0.3) is 0 Å². The molecule has 1 aliphatic rings. The van der Waals surface area contributed by atoms with E-state index in [1.165, 1.54) is 6.07 Å². The van der Waals surface area contributed by atoms with E-state index in [2.05, 4.69) is 14.6 Å². The lowest BCUT2D eigenvalue weighted by Crippen LogP contribution is -2.36. The summed E-state index contributed by atoms with van der Waals surface area (Å²) in [6, 6.07) is 4.53. The zero-order valence-corrected chi connectivity index (χ0v) is 11.1. The molecule has 0 amide bonds. The van der Waals surface area contributed by atoms with Crippen LogP contribution in [0, 0.1) is 0 Å². The number of piperidine rings is 1. The highest BCUT2D eigenvalue weighted by Crippen LogP contribution is 2.29. The van der Waals surface area contributed by atoms with E-state index in [0.29, 0.717) is 12.2 Å². The summed E-state index contributed by atoms with van der Waals surface area (Å²) >= 11 is 0. The third-order valence-corrected chi connectivity index (χ3v) is 3.42. The van der Waals surface area contributed by atoms with E-state index in [1.807, 2.05) is 0 Å². The van der Waals surface area contributed by atoms with Gasteiger partial charge in [0.2, 0.25) is 5.88 Å². The smallest absolute Gasteiger partial charge is 0.388 e. The zero-order valence-electron chi connectivity index (χ0n) is 11.1. The Bertz CT molecular complexity index is 431. The van der Waals surface area contributed by atoms with E-state index in [0.717, 1.165) is 32.5 Å². The highest BCUT2D eigenvalue weighted by Gasteiger charge is 2.32. The quantitative estimate of drug-likeness (QED) is 0.922. The molecule has 0 atom stereocenters. The van der Waals surface area contributed by atoms with Crippen LogP contribution in [0.15, 0.2) is 18.2 Å². The first-order chi connectivity index (χ1) is 9.48. The average Bonchev–Trinajstić information content (AvgIpc) is 2.38. The molecule has 0 bridgehead atoms. The Morgan fingerprint density at radius 3 is 2.60 bits per heavy atom. The van der Waals surface area contributed by atoms with Crippen molar-refractivity contribution < 1.29 is 17.9 Å². The summed E-state index contributed by atoms with van der Waals surface area (Å²) in [5.74, 6) is -0.208. The van der Waals surface area contributed by atoms with Crippen molar-refractivity contribution >= 4 is 0 Å².